The van der Waals surface area contributed by atoms with E-state index in [1.807, 2.05) is 62.4 Å². The molecule has 4 amide bonds. The van der Waals surface area contributed by atoms with Crippen LogP contribution in [-0.4, -0.2) is 48.0 Å². The average Bonchev–Trinajstić information content (AvgIpc) is 2.88. The first-order chi connectivity index (χ1) is 13.0. The maximum atomic E-state index is 12.5. The van der Waals surface area contributed by atoms with Crippen molar-refractivity contribution in [2.45, 2.75) is 20.3 Å². The van der Waals surface area contributed by atoms with Crippen molar-refractivity contribution in [2.24, 2.45) is 0 Å². The van der Waals surface area contributed by atoms with Gasteiger partial charge in [0, 0.05) is 37.6 Å². The molecular weight excluding hydrogens is 340 g/mol. The molecule has 2 N–H and O–H groups in total. The fraction of sp³-hybridized carbons (Fsp3) is 0.333. The van der Waals surface area contributed by atoms with Crippen molar-refractivity contribution in [3.8, 4) is 0 Å². The second-order valence-corrected chi connectivity index (χ2v) is 6.93. The van der Waals surface area contributed by atoms with E-state index in [9.17, 15) is 9.59 Å². The lowest BCUT2D eigenvalue weighted by Crippen LogP contribution is -2.40. The van der Waals surface area contributed by atoms with Crippen LogP contribution in [0.15, 0.2) is 48.5 Å². The Hall–Kier alpha value is -3.02. The van der Waals surface area contributed by atoms with Gasteiger partial charge in [0.05, 0.1) is 0 Å². The second kappa shape index (κ2) is 8.58. The van der Waals surface area contributed by atoms with Crippen LogP contribution in [0.25, 0.3) is 0 Å². The molecule has 0 bridgehead atoms. The van der Waals surface area contributed by atoms with Crippen LogP contribution in [0.5, 0.6) is 0 Å². The van der Waals surface area contributed by atoms with Crippen molar-refractivity contribution in [1.29, 1.82) is 0 Å². The van der Waals surface area contributed by atoms with E-state index in [1.54, 1.807) is 9.80 Å². The van der Waals surface area contributed by atoms with Gasteiger partial charge in [0.2, 0.25) is 0 Å². The highest BCUT2D eigenvalue weighted by Crippen LogP contribution is 2.14. The number of benzene rings is 2. The summed E-state index contributed by atoms with van der Waals surface area (Å²) in [5.41, 5.74) is 3.78. The van der Waals surface area contributed by atoms with Gasteiger partial charge < -0.3 is 20.4 Å². The molecule has 27 heavy (non-hydrogen) atoms. The highest BCUT2D eigenvalue weighted by atomic mass is 16.2. The predicted molar refractivity (Wildman–Crippen MR) is 108 cm³/mol. The minimum absolute atomic E-state index is 0.124. The summed E-state index contributed by atoms with van der Waals surface area (Å²) in [6, 6.07) is 15.2. The third-order valence-corrected chi connectivity index (χ3v) is 4.61. The Morgan fingerprint density at radius 2 is 1.19 bits per heavy atom. The SMILES string of the molecule is Cc1cccc(NC(=O)N2CCCN(C(=O)Nc3cccc(C)c3)CC2)c1. The molecule has 2 aromatic carbocycles. The summed E-state index contributed by atoms with van der Waals surface area (Å²) in [6.45, 7) is 6.27. The molecule has 1 fully saturated rings. The first-order valence-corrected chi connectivity index (χ1v) is 9.26. The summed E-state index contributed by atoms with van der Waals surface area (Å²) in [4.78, 5) is 28.6. The fourth-order valence-electron chi connectivity index (χ4n) is 3.17. The minimum atomic E-state index is -0.124. The van der Waals surface area contributed by atoms with Crippen molar-refractivity contribution in [1.82, 2.24) is 9.80 Å². The van der Waals surface area contributed by atoms with Gasteiger partial charge in [-0.1, -0.05) is 24.3 Å². The zero-order valence-electron chi connectivity index (χ0n) is 15.9. The summed E-state index contributed by atoms with van der Waals surface area (Å²) in [5, 5.41) is 5.88. The molecule has 6 heteroatoms. The van der Waals surface area contributed by atoms with Gasteiger partial charge in [-0.15, -0.1) is 0 Å². The first-order valence-electron chi connectivity index (χ1n) is 9.26. The molecule has 142 valence electrons. The van der Waals surface area contributed by atoms with Crippen LogP contribution in [0.3, 0.4) is 0 Å². The molecule has 1 aliphatic rings. The van der Waals surface area contributed by atoms with Crippen LogP contribution in [0.1, 0.15) is 17.5 Å². The second-order valence-electron chi connectivity index (χ2n) is 6.93. The van der Waals surface area contributed by atoms with Crippen LogP contribution in [0.4, 0.5) is 21.0 Å². The number of hydrogen-bond acceptors (Lipinski definition) is 2. The van der Waals surface area contributed by atoms with Crippen LogP contribution < -0.4 is 10.6 Å². The van der Waals surface area contributed by atoms with Gasteiger partial charge in [-0.2, -0.15) is 0 Å². The van der Waals surface area contributed by atoms with E-state index in [4.69, 9.17) is 0 Å². The quantitative estimate of drug-likeness (QED) is 0.841. The van der Waals surface area contributed by atoms with E-state index >= 15 is 0 Å². The van der Waals surface area contributed by atoms with Crippen molar-refractivity contribution in [2.75, 3.05) is 36.8 Å². The summed E-state index contributed by atoms with van der Waals surface area (Å²) >= 11 is 0. The van der Waals surface area contributed by atoms with Crippen LogP contribution in [0, 0.1) is 13.8 Å². The van der Waals surface area contributed by atoms with Crippen molar-refractivity contribution >= 4 is 23.4 Å². The van der Waals surface area contributed by atoms with Crippen LogP contribution in [-0.2, 0) is 0 Å². The van der Waals surface area contributed by atoms with E-state index in [0.29, 0.717) is 26.2 Å². The van der Waals surface area contributed by atoms with E-state index in [2.05, 4.69) is 10.6 Å². The number of amides is 4. The molecule has 0 aliphatic carbocycles. The molecule has 3 rings (SSSR count). The summed E-state index contributed by atoms with van der Waals surface area (Å²) < 4.78 is 0. The molecule has 0 unspecified atom stereocenters. The van der Waals surface area contributed by atoms with Crippen molar-refractivity contribution in [3.63, 3.8) is 0 Å². The molecule has 0 saturated carbocycles. The molecule has 2 aromatic rings. The van der Waals surface area contributed by atoms with Crippen LogP contribution >= 0.6 is 0 Å². The Morgan fingerprint density at radius 3 is 1.59 bits per heavy atom. The maximum absolute atomic E-state index is 12.5. The molecule has 1 saturated heterocycles. The predicted octanol–water partition coefficient (Wildman–Crippen LogP) is 4.08. The number of urea groups is 2. The van der Waals surface area contributed by atoms with Crippen molar-refractivity contribution in [3.05, 3.63) is 59.7 Å². The smallest absolute Gasteiger partial charge is 0.321 e. The molecule has 0 radical (unpaired) electrons. The Morgan fingerprint density at radius 1 is 0.741 bits per heavy atom. The lowest BCUT2D eigenvalue weighted by Gasteiger charge is -2.23. The standard InChI is InChI=1S/C21H26N4O2/c1-16-6-3-8-18(14-16)22-20(26)24-10-5-11-25(13-12-24)21(27)23-19-9-4-7-17(2)15-19/h3-4,6-9,14-15H,5,10-13H2,1-2H3,(H,22,26)(H,23,27). The molecule has 6 nitrogen and oxygen atoms in total. The number of nitrogens with zero attached hydrogens (tertiary/aromatic N) is 2. The number of carbonyl (C=O) groups excluding carboxylic acids is 2. The highest BCUT2D eigenvalue weighted by molar-refractivity contribution is 5.90. The monoisotopic (exact) mass is 366 g/mol. The van der Waals surface area contributed by atoms with Gasteiger partial charge in [0.25, 0.3) is 0 Å². The molecule has 1 aliphatic heterocycles. The summed E-state index contributed by atoms with van der Waals surface area (Å²) in [5.74, 6) is 0. The maximum Gasteiger partial charge on any atom is 0.321 e. The molecule has 0 spiro atoms. The van der Waals surface area contributed by atoms with Gasteiger partial charge >= 0.3 is 12.1 Å². The Balaban J connectivity index is 1.55. The molecule has 0 aromatic heterocycles. The third kappa shape index (κ3) is 5.23. The van der Waals surface area contributed by atoms with E-state index in [1.165, 1.54) is 0 Å². The highest BCUT2D eigenvalue weighted by Gasteiger charge is 2.22. The largest absolute Gasteiger partial charge is 0.323 e. The van der Waals surface area contributed by atoms with Gasteiger partial charge in [-0.3, -0.25) is 0 Å². The van der Waals surface area contributed by atoms with Gasteiger partial charge in [0.1, 0.15) is 0 Å². The number of rotatable bonds is 2. The minimum Gasteiger partial charge on any atom is -0.323 e. The van der Waals surface area contributed by atoms with Gasteiger partial charge in [0.15, 0.2) is 0 Å². The van der Waals surface area contributed by atoms with E-state index in [0.717, 1.165) is 28.9 Å². The summed E-state index contributed by atoms with van der Waals surface area (Å²) in [7, 11) is 0. The molecule has 1 heterocycles. The third-order valence-electron chi connectivity index (χ3n) is 4.61. The average molecular weight is 366 g/mol. The lowest BCUT2D eigenvalue weighted by molar-refractivity contribution is 0.205. The Labute approximate surface area is 160 Å². The van der Waals surface area contributed by atoms with Crippen molar-refractivity contribution < 1.29 is 9.59 Å². The van der Waals surface area contributed by atoms with Gasteiger partial charge in [-0.05, 0) is 55.7 Å². The zero-order valence-corrected chi connectivity index (χ0v) is 15.9. The Kier molecular flexibility index (Phi) is 5.96. The van der Waals surface area contributed by atoms with Gasteiger partial charge in [-0.25, -0.2) is 9.59 Å². The number of carbonyl (C=O) groups is 2. The number of hydrogen-bond donors (Lipinski definition) is 2. The van der Waals surface area contributed by atoms with E-state index < -0.39 is 0 Å². The normalized spacial score (nSPS) is 14.4. The topological polar surface area (TPSA) is 64.7 Å². The zero-order chi connectivity index (χ0) is 19.2. The first kappa shape index (κ1) is 18.8. The number of nitrogens with one attached hydrogen (secondary N) is 2. The lowest BCUT2D eigenvalue weighted by atomic mass is 10.2. The number of aryl methyl sites for hydroxylation is 2. The fourth-order valence-corrected chi connectivity index (χ4v) is 3.17. The van der Waals surface area contributed by atoms with Crippen LogP contribution in [0.2, 0.25) is 0 Å². The molecular formula is C21H26N4O2. The van der Waals surface area contributed by atoms with E-state index in [-0.39, 0.29) is 12.1 Å². The number of anilines is 2. The summed E-state index contributed by atoms with van der Waals surface area (Å²) in [6.07, 6.45) is 0.752. The Bertz CT molecular complexity index is 754. The molecule has 0 atom stereocenters.